The average Bonchev–Trinajstić information content (AvgIpc) is 3.16. The van der Waals surface area contributed by atoms with Crippen LogP contribution in [0.1, 0.15) is 0 Å². The Morgan fingerprint density at radius 3 is 2.66 bits per heavy atom. The largest absolute Gasteiger partial charge is 0.336 e. The minimum absolute atomic E-state index is 0.0302. The number of carbonyl (C=O) groups is 2. The molecular weight excluding hydrogens is 453 g/mol. The average molecular weight is 474 g/mol. The zero-order chi connectivity index (χ0) is 23.1. The van der Waals surface area contributed by atoms with Crippen molar-refractivity contribution < 1.29 is 14.0 Å². The molecule has 0 saturated heterocycles. The van der Waals surface area contributed by atoms with Gasteiger partial charge in [0.05, 0.1) is 28.6 Å². The summed E-state index contributed by atoms with van der Waals surface area (Å²) in [5, 5.41) is 11.7. The highest BCUT2D eigenvalue weighted by atomic mass is 35.5. The molecule has 32 heavy (non-hydrogen) atoms. The van der Waals surface area contributed by atoms with E-state index in [-0.39, 0.29) is 24.1 Å². The summed E-state index contributed by atoms with van der Waals surface area (Å²) in [7, 11) is 1.54. The number of rotatable bonds is 9. The summed E-state index contributed by atoms with van der Waals surface area (Å²) in [6, 6.07) is 13.1. The number of nitrogens with zero attached hydrogens (tertiary/aromatic N) is 4. The number of anilines is 1. The monoisotopic (exact) mass is 473 g/mol. The number of halogens is 2. The maximum atomic E-state index is 14.2. The number of benzene rings is 2. The molecule has 0 unspecified atom stereocenters. The molecule has 3 aromatic rings. The lowest BCUT2D eigenvalue weighted by molar-refractivity contribution is -0.131. The number of nitrogens with one attached hydrogen (secondary N) is 1. The van der Waals surface area contributed by atoms with Crippen molar-refractivity contribution in [1.29, 1.82) is 0 Å². The molecule has 166 valence electrons. The molecule has 0 aliphatic carbocycles. The van der Waals surface area contributed by atoms with Crippen LogP contribution in [0.25, 0.3) is 11.4 Å². The summed E-state index contributed by atoms with van der Waals surface area (Å²) in [5.41, 5.74) is 0.793. The molecule has 0 radical (unpaired) electrons. The van der Waals surface area contributed by atoms with E-state index in [4.69, 9.17) is 11.6 Å². The Hall–Kier alpha value is -3.17. The van der Waals surface area contributed by atoms with Crippen molar-refractivity contribution in [3.8, 4) is 11.4 Å². The van der Waals surface area contributed by atoms with Gasteiger partial charge in [0.1, 0.15) is 5.82 Å². The molecule has 10 heteroatoms. The Morgan fingerprint density at radius 1 is 1.22 bits per heavy atom. The van der Waals surface area contributed by atoms with E-state index in [2.05, 4.69) is 22.1 Å². The maximum Gasteiger partial charge on any atom is 0.244 e. The van der Waals surface area contributed by atoms with E-state index in [0.717, 1.165) is 11.8 Å². The summed E-state index contributed by atoms with van der Waals surface area (Å²) in [6.07, 6.45) is 1.64. The van der Waals surface area contributed by atoms with Crippen LogP contribution in [0.3, 0.4) is 0 Å². The molecule has 3 rings (SSSR count). The first-order valence-corrected chi connectivity index (χ1v) is 11.0. The van der Waals surface area contributed by atoms with E-state index in [1.165, 1.54) is 18.0 Å². The first kappa shape index (κ1) is 23.5. The summed E-state index contributed by atoms with van der Waals surface area (Å²) in [4.78, 5) is 26.1. The number of allylic oxidation sites excluding steroid dienone is 1. The van der Waals surface area contributed by atoms with Crippen molar-refractivity contribution in [3.05, 3.63) is 72.0 Å². The van der Waals surface area contributed by atoms with E-state index in [9.17, 15) is 14.0 Å². The van der Waals surface area contributed by atoms with Gasteiger partial charge in [-0.25, -0.2) is 4.39 Å². The highest BCUT2D eigenvalue weighted by molar-refractivity contribution is 7.99. The maximum absolute atomic E-state index is 14.2. The van der Waals surface area contributed by atoms with E-state index in [1.807, 2.05) is 0 Å². The third kappa shape index (κ3) is 5.74. The Labute approximate surface area is 194 Å². The van der Waals surface area contributed by atoms with Gasteiger partial charge in [0, 0.05) is 13.6 Å². The summed E-state index contributed by atoms with van der Waals surface area (Å²) in [5.74, 6) is -0.671. The molecule has 0 saturated carbocycles. The predicted molar refractivity (Wildman–Crippen MR) is 124 cm³/mol. The summed E-state index contributed by atoms with van der Waals surface area (Å²) < 4.78 is 15.9. The lowest BCUT2D eigenvalue weighted by Crippen LogP contribution is -2.36. The lowest BCUT2D eigenvalue weighted by Gasteiger charge is -2.17. The van der Waals surface area contributed by atoms with Gasteiger partial charge in [-0.15, -0.1) is 16.8 Å². The van der Waals surface area contributed by atoms with Crippen LogP contribution >= 0.6 is 23.4 Å². The van der Waals surface area contributed by atoms with E-state index < -0.39 is 5.82 Å². The lowest BCUT2D eigenvalue weighted by atomic mass is 10.2. The number of carbonyl (C=O) groups excluding carboxylic acids is 2. The number of aromatic nitrogens is 3. The molecule has 7 nitrogen and oxygen atoms in total. The molecule has 0 bridgehead atoms. The van der Waals surface area contributed by atoms with Crippen molar-refractivity contribution in [1.82, 2.24) is 19.7 Å². The Balaban J connectivity index is 1.63. The summed E-state index contributed by atoms with van der Waals surface area (Å²) >= 11 is 7.19. The third-order valence-corrected chi connectivity index (χ3v) is 5.70. The minimum Gasteiger partial charge on any atom is -0.336 e. The Morgan fingerprint density at radius 2 is 1.94 bits per heavy atom. The SMILES string of the molecule is C=CCn1c(SCC(=O)N(C)CC(=O)Nc2ccccc2Cl)nnc1-c1ccccc1F. The number of thioether (sulfide) groups is 1. The number of hydrogen-bond acceptors (Lipinski definition) is 5. The molecule has 0 atom stereocenters. The van der Waals surface area contributed by atoms with Crippen LogP contribution in [0.5, 0.6) is 0 Å². The fraction of sp³-hybridized carbons (Fsp3) is 0.182. The second-order valence-corrected chi connectivity index (χ2v) is 8.10. The van der Waals surface area contributed by atoms with Gasteiger partial charge in [-0.05, 0) is 24.3 Å². The fourth-order valence-electron chi connectivity index (χ4n) is 2.82. The number of hydrogen-bond donors (Lipinski definition) is 1. The van der Waals surface area contributed by atoms with E-state index >= 15 is 0 Å². The highest BCUT2D eigenvalue weighted by Crippen LogP contribution is 2.26. The summed E-state index contributed by atoms with van der Waals surface area (Å²) in [6.45, 7) is 3.94. The van der Waals surface area contributed by atoms with Crippen molar-refractivity contribution in [2.24, 2.45) is 0 Å². The number of para-hydroxylation sites is 1. The van der Waals surface area contributed by atoms with Gasteiger partial charge < -0.3 is 10.2 Å². The van der Waals surface area contributed by atoms with Crippen LogP contribution in [0, 0.1) is 5.82 Å². The van der Waals surface area contributed by atoms with E-state index in [1.54, 1.807) is 53.1 Å². The minimum atomic E-state index is -0.415. The van der Waals surface area contributed by atoms with Gasteiger partial charge in [0.2, 0.25) is 11.8 Å². The van der Waals surface area contributed by atoms with Crippen molar-refractivity contribution in [2.75, 3.05) is 24.7 Å². The van der Waals surface area contributed by atoms with Crippen LogP contribution in [-0.4, -0.2) is 50.8 Å². The van der Waals surface area contributed by atoms with Gasteiger partial charge in [-0.2, -0.15) is 0 Å². The quantitative estimate of drug-likeness (QED) is 0.373. The molecule has 2 amide bonds. The number of amides is 2. The second-order valence-electron chi connectivity index (χ2n) is 6.75. The van der Waals surface area contributed by atoms with Crippen LogP contribution in [0.15, 0.2) is 66.3 Å². The second kappa shape index (κ2) is 10.9. The topological polar surface area (TPSA) is 80.1 Å². The molecule has 2 aromatic carbocycles. The van der Waals surface area contributed by atoms with Gasteiger partial charge in [-0.1, -0.05) is 53.7 Å². The van der Waals surface area contributed by atoms with Crippen LogP contribution in [0.4, 0.5) is 10.1 Å². The Bertz CT molecular complexity index is 1140. The highest BCUT2D eigenvalue weighted by Gasteiger charge is 2.19. The fourth-order valence-corrected chi connectivity index (χ4v) is 3.89. The first-order chi connectivity index (χ1) is 15.4. The van der Waals surface area contributed by atoms with Gasteiger partial charge in [0.25, 0.3) is 0 Å². The van der Waals surface area contributed by atoms with E-state index in [0.29, 0.717) is 33.8 Å². The normalized spacial score (nSPS) is 10.6. The zero-order valence-electron chi connectivity index (χ0n) is 17.3. The van der Waals surface area contributed by atoms with Gasteiger partial charge in [0.15, 0.2) is 11.0 Å². The Kier molecular flexibility index (Phi) is 8.02. The molecule has 1 heterocycles. The molecule has 1 N–H and O–H groups in total. The predicted octanol–water partition coefficient (Wildman–Crippen LogP) is 4.11. The van der Waals surface area contributed by atoms with Crippen LogP contribution < -0.4 is 5.32 Å². The molecule has 0 aliphatic heterocycles. The molecule has 0 aliphatic rings. The molecular formula is C22H21ClFN5O2S. The molecule has 1 aromatic heterocycles. The van der Waals surface area contributed by atoms with Crippen LogP contribution in [-0.2, 0) is 16.1 Å². The molecule has 0 fully saturated rings. The van der Waals surface area contributed by atoms with Gasteiger partial charge in [-0.3, -0.25) is 14.2 Å². The third-order valence-electron chi connectivity index (χ3n) is 4.42. The smallest absolute Gasteiger partial charge is 0.244 e. The van der Waals surface area contributed by atoms with Crippen molar-refractivity contribution in [2.45, 2.75) is 11.7 Å². The number of likely N-dealkylation sites (N-methyl/N-ethyl adjacent to an activating group) is 1. The van der Waals surface area contributed by atoms with Crippen molar-refractivity contribution in [3.63, 3.8) is 0 Å². The first-order valence-electron chi connectivity index (χ1n) is 9.61. The molecule has 0 spiro atoms. The zero-order valence-corrected chi connectivity index (χ0v) is 18.9. The van der Waals surface area contributed by atoms with Gasteiger partial charge >= 0.3 is 0 Å². The van der Waals surface area contributed by atoms with Crippen LogP contribution in [0.2, 0.25) is 5.02 Å². The standard InChI is InChI=1S/C22H21ClFN5O2S/c1-3-12-29-21(15-8-4-6-10-17(15)24)26-27-22(29)32-14-20(31)28(2)13-19(30)25-18-11-7-5-9-16(18)23/h3-11H,1,12-14H2,2H3,(H,25,30). The van der Waals surface area contributed by atoms with Crippen molar-refractivity contribution >= 4 is 40.9 Å².